The summed E-state index contributed by atoms with van der Waals surface area (Å²) in [5, 5.41) is 9.82. The van der Waals surface area contributed by atoms with E-state index in [4.69, 9.17) is 21.7 Å². The van der Waals surface area contributed by atoms with Gasteiger partial charge in [0.05, 0.1) is 24.8 Å². The Balaban J connectivity index is 1.94. The minimum absolute atomic E-state index is 0.0160. The number of phenols is 1. The Morgan fingerprint density at radius 2 is 1.88 bits per heavy atom. The van der Waals surface area contributed by atoms with Gasteiger partial charge in [-0.05, 0) is 48.0 Å². The van der Waals surface area contributed by atoms with E-state index in [0.717, 1.165) is 0 Å². The van der Waals surface area contributed by atoms with Gasteiger partial charge in [0.25, 0.3) is 5.91 Å². The number of anilines is 1. The van der Waals surface area contributed by atoms with Crippen LogP contribution in [0.4, 0.5) is 5.69 Å². The number of thioether (sulfide) groups is 1. The van der Waals surface area contributed by atoms with E-state index in [1.165, 1.54) is 29.8 Å². The minimum atomic E-state index is -0.205. The number of hydrogen-bond acceptors (Lipinski definition) is 6. The molecule has 1 amide bonds. The first-order valence-electron chi connectivity index (χ1n) is 7.43. The number of ether oxygens (including phenoxy) is 2. The molecule has 0 bridgehead atoms. The fourth-order valence-electron chi connectivity index (χ4n) is 2.40. The average Bonchev–Trinajstić information content (AvgIpc) is 2.91. The lowest BCUT2D eigenvalue weighted by Gasteiger charge is -2.14. The molecule has 1 heterocycles. The first-order valence-corrected chi connectivity index (χ1v) is 9.45. The first kappa shape index (κ1) is 18.8. The van der Waals surface area contributed by atoms with E-state index in [1.54, 1.807) is 43.5 Å². The van der Waals surface area contributed by atoms with Gasteiger partial charge in [-0.1, -0.05) is 39.9 Å². The largest absolute Gasteiger partial charge is 0.504 e. The Morgan fingerprint density at radius 3 is 2.50 bits per heavy atom. The van der Waals surface area contributed by atoms with Crippen molar-refractivity contribution in [2.24, 2.45) is 0 Å². The third kappa shape index (κ3) is 3.58. The molecule has 0 radical (unpaired) electrons. The zero-order valence-electron chi connectivity index (χ0n) is 13.9. The van der Waals surface area contributed by atoms with Gasteiger partial charge in [0.15, 0.2) is 15.8 Å². The minimum Gasteiger partial charge on any atom is -0.504 e. The third-order valence-corrected chi connectivity index (χ3v) is 5.70. The van der Waals surface area contributed by atoms with Crippen LogP contribution in [-0.2, 0) is 4.79 Å². The molecule has 0 spiro atoms. The van der Waals surface area contributed by atoms with Crippen LogP contribution in [-0.4, -0.2) is 29.6 Å². The van der Waals surface area contributed by atoms with Crippen LogP contribution in [0.2, 0.25) is 0 Å². The summed E-state index contributed by atoms with van der Waals surface area (Å²) in [5.74, 6) is 0.839. The maximum Gasteiger partial charge on any atom is 0.270 e. The van der Waals surface area contributed by atoms with Crippen molar-refractivity contribution in [1.29, 1.82) is 0 Å². The normalized spacial score (nSPS) is 15.7. The van der Waals surface area contributed by atoms with E-state index >= 15 is 0 Å². The van der Waals surface area contributed by atoms with Crippen molar-refractivity contribution in [3.63, 3.8) is 0 Å². The lowest BCUT2D eigenvalue weighted by atomic mass is 10.2. The number of halogens is 1. The molecule has 0 aromatic heterocycles. The molecule has 0 saturated carbocycles. The average molecular weight is 452 g/mol. The van der Waals surface area contributed by atoms with Gasteiger partial charge in [-0.2, -0.15) is 0 Å². The Kier molecular flexibility index (Phi) is 5.55. The SMILES string of the molecule is COc1ccc(N2C(=O)/C(=C\c3cc(OC)c(O)cc3Br)SC2=S)cc1. The molecule has 3 rings (SSSR count). The molecule has 0 aliphatic carbocycles. The molecular formula is C18H14BrNO4S2. The maximum atomic E-state index is 12.8. The summed E-state index contributed by atoms with van der Waals surface area (Å²) in [7, 11) is 3.05. The molecule has 5 nitrogen and oxygen atoms in total. The van der Waals surface area contributed by atoms with Crippen LogP contribution < -0.4 is 14.4 Å². The standard InChI is InChI=1S/C18H14BrNO4S2/c1-23-12-5-3-11(4-6-12)20-17(22)16(26-18(20)25)8-10-7-15(24-2)14(21)9-13(10)19/h3-9,21H,1-2H3/b16-8+. The molecule has 1 aliphatic heterocycles. The van der Waals surface area contributed by atoms with Gasteiger partial charge >= 0.3 is 0 Å². The summed E-state index contributed by atoms with van der Waals surface area (Å²) in [6.07, 6.45) is 1.72. The van der Waals surface area contributed by atoms with Gasteiger partial charge in [0.2, 0.25) is 0 Å². The highest BCUT2D eigenvalue weighted by molar-refractivity contribution is 9.10. The highest BCUT2D eigenvalue weighted by Crippen LogP contribution is 2.39. The van der Waals surface area contributed by atoms with E-state index in [-0.39, 0.29) is 11.7 Å². The van der Waals surface area contributed by atoms with E-state index in [2.05, 4.69) is 15.9 Å². The summed E-state index contributed by atoms with van der Waals surface area (Å²) in [4.78, 5) is 14.8. The van der Waals surface area contributed by atoms with Crippen molar-refractivity contribution < 1.29 is 19.4 Å². The molecule has 0 atom stereocenters. The topological polar surface area (TPSA) is 59.0 Å². The quantitative estimate of drug-likeness (QED) is 0.542. The number of rotatable bonds is 4. The van der Waals surface area contributed by atoms with Gasteiger partial charge in [0.1, 0.15) is 5.75 Å². The second kappa shape index (κ2) is 7.69. The van der Waals surface area contributed by atoms with Crippen molar-refractivity contribution in [2.75, 3.05) is 19.1 Å². The molecule has 1 saturated heterocycles. The summed E-state index contributed by atoms with van der Waals surface area (Å²) >= 11 is 9.98. The molecule has 2 aromatic carbocycles. The van der Waals surface area contributed by atoms with E-state index in [9.17, 15) is 9.90 Å². The van der Waals surface area contributed by atoms with E-state index in [1.807, 2.05) is 0 Å². The molecule has 1 N–H and O–H groups in total. The fourth-order valence-corrected chi connectivity index (χ4v) is 4.13. The highest BCUT2D eigenvalue weighted by atomic mass is 79.9. The Hall–Kier alpha value is -2.03. The number of thiocarbonyl (C=S) groups is 1. The molecule has 0 unspecified atom stereocenters. The lowest BCUT2D eigenvalue weighted by molar-refractivity contribution is -0.113. The van der Waals surface area contributed by atoms with Crippen LogP contribution in [0.1, 0.15) is 5.56 Å². The highest BCUT2D eigenvalue weighted by Gasteiger charge is 2.33. The third-order valence-electron chi connectivity index (χ3n) is 3.71. The number of amides is 1. The number of carbonyl (C=O) groups excluding carboxylic acids is 1. The van der Waals surface area contributed by atoms with Crippen LogP contribution in [0.3, 0.4) is 0 Å². The molecule has 8 heteroatoms. The molecule has 2 aromatic rings. The zero-order valence-corrected chi connectivity index (χ0v) is 17.1. The van der Waals surface area contributed by atoms with Crippen molar-refractivity contribution in [3.05, 3.63) is 51.3 Å². The fraction of sp³-hybridized carbons (Fsp3) is 0.111. The smallest absolute Gasteiger partial charge is 0.270 e. The Labute approximate surface area is 168 Å². The maximum absolute atomic E-state index is 12.8. The second-order valence-electron chi connectivity index (χ2n) is 5.26. The number of benzene rings is 2. The van der Waals surface area contributed by atoms with E-state index < -0.39 is 0 Å². The molecule has 1 aliphatic rings. The van der Waals surface area contributed by atoms with Crippen molar-refractivity contribution in [1.82, 2.24) is 0 Å². The Morgan fingerprint density at radius 1 is 1.19 bits per heavy atom. The summed E-state index contributed by atoms with van der Waals surface area (Å²) < 4.78 is 11.4. The number of phenolic OH excluding ortho intramolecular Hbond substituents is 1. The number of methoxy groups -OCH3 is 2. The van der Waals surface area contributed by atoms with Crippen molar-refractivity contribution in [2.45, 2.75) is 0 Å². The summed E-state index contributed by atoms with van der Waals surface area (Å²) in [5.41, 5.74) is 1.38. The predicted octanol–water partition coefficient (Wildman–Crippen LogP) is 4.58. The van der Waals surface area contributed by atoms with Crippen molar-refractivity contribution in [3.8, 4) is 17.2 Å². The summed E-state index contributed by atoms with van der Waals surface area (Å²) in [6.45, 7) is 0. The lowest BCUT2D eigenvalue weighted by Crippen LogP contribution is -2.27. The van der Waals surface area contributed by atoms with Crippen LogP contribution >= 0.6 is 39.9 Å². The zero-order chi connectivity index (χ0) is 18.8. The van der Waals surface area contributed by atoms with Crippen LogP contribution in [0.25, 0.3) is 6.08 Å². The number of carbonyl (C=O) groups is 1. The first-order chi connectivity index (χ1) is 12.4. The molecule has 1 fully saturated rings. The monoisotopic (exact) mass is 451 g/mol. The second-order valence-corrected chi connectivity index (χ2v) is 7.79. The molecule has 26 heavy (non-hydrogen) atoms. The number of nitrogens with zero attached hydrogens (tertiary/aromatic N) is 1. The van der Waals surface area contributed by atoms with E-state index in [0.29, 0.717) is 36.4 Å². The van der Waals surface area contributed by atoms with Gasteiger partial charge in [-0.25, -0.2) is 0 Å². The molecular weight excluding hydrogens is 438 g/mol. The number of aromatic hydroxyl groups is 1. The van der Waals surface area contributed by atoms with Gasteiger partial charge in [-0.15, -0.1) is 0 Å². The van der Waals surface area contributed by atoms with Gasteiger partial charge in [-0.3, -0.25) is 9.69 Å². The van der Waals surface area contributed by atoms with Gasteiger partial charge < -0.3 is 14.6 Å². The summed E-state index contributed by atoms with van der Waals surface area (Å²) in [6, 6.07) is 10.3. The number of hydrogen-bond donors (Lipinski definition) is 1. The van der Waals surface area contributed by atoms with Crippen molar-refractivity contribution >= 4 is 61.9 Å². The predicted molar refractivity (Wildman–Crippen MR) is 111 cm³/mol. The van der Waals surface area contributed by atoms with Gasteiger partial charge in [0, 0.05) is 4.47 Å². The molecule has 134 valence electrons. The van der Waals surface area contributed by atoms with Crippen LogP contribution in [0.15, 0.2) is 45.8 Å². The van der Waals surface area contributed by atoms with Crippen LogP contribution in [0, 0.1) is 0 Å². The van der Waals surface area contributed by atoms with Crippen LogP contribution in [0.5, 0.6) is 17.2 Å². The Bertz CT molecular complexity index is 912.